The molecule has 0 amide bonds. The first-order chi connectivity index (χ1) is 5.66. The molecule has 0 unspecified atom stereocenters. The van der Waals surface area contributed by atoms with E-state index >= 15 is 0 Å². The molecule has 0 saturated carbocycles. The summed E-state index contributed by atoms with van der Waals surface area (Å²) >= 11 is 0. The zero-order chi connectivity index (χ0) is 9.14. The van der Waals surface area contributed by atoms with Crippen molar-refractivity contribution < 1.29 is 0 Å². The Morgan fingerprint density at radius 2 is 1.67 bits per heavy atom. The third-order valence-corrected chi connectivity index (χ3v) is 2.18. The molecule has 0 saturated heterocycles. The van der Waals surface area contributed by atoms with Crippen LogP contribution in [0.4, 0.5) is 0 Å². The van der Waals surface area contributed by atoms with Crippen molar-refractivity contribution in [1.82, 2.24) is 0 Å². The van der Waals surface area contributed by atoms with Crippen molar-refractivity contribution in [3.8, 4) is 0 Å². The molecule has 0 bridgehead atoms. The molecule has 1 nitrogen and oxygen atoms in total. The number of benzene rings is 1. The van der Waals surface area contributed by atoms with E-state index in [1.165, 1.54) is 16.7 Å². The standard InChI is InChI=1S/C11H15N/c1-8-6-5-7-9(2)11(8)10(3)12-4/h5-7H,1-4H3. The molecule has 0 aromatic heterocycles. The summed E-state index contributed by atoms with van der Waals surface area (Å²) in [6.07, 6.45) is 0. The molecule has 0 heterocycles. The van der Waals surface area contributed by atoms with Crippen LogP contribution < -0.4 is 0 Å². The Morgan fingerprint density at radius 3 is 2.08 bits per heavy atom. The quantitative estimate of drug-likeness (QED) is 0.561. The summed E-state index contributed by atoms with van der Waals surface area (Å²) in [7, 11) is 1.83. The van der Waals surface area contributed by atoms with E-state index in [4.69, 9.17) is 0 Å². The summed E-state index contributed by atoms with van der Waals surface area (Å²) in [4.78, 5) is 4.20. The van der Waals surface area contributed by atoms with Crippen molar-refractivity contribution in [2.75, 3.05) is 7.05 Å². The van der Waals surface area contributed by atoms with Crippen molar-refractivity contribution in [2.24, 2.45) is 4.99 Å². The highest BCUT2D eigenvalue weighted by atomic mass is 14.7. The van der Waals surface area contributed by atoms with Crippen LogP contribution >= 0.6 is 0 Å². The van der Waals surface area contributed by atoms with Crippen LogP contribution in [0.2, 0.25) is 0 Å². The Morgan fingerprint density at radius 1 is 1.17 bits per heavy atom. The van der Waals surface area contributed by atoms with Gasteiger partial charge in [-0.2, -0.15) is 0 Å². The highest BCUT2D eigenvalue weighted by molar-refractivity contribution is 6.01. The first-order valence-corrected chi connectivity index (χ1v) is 4.16. The average molecular weight is 161 g/mol. The minimum absolute atomic E-state index is 1.12. The van der Waals surface area contributed by atoms with Gasteiger partial charge in [-0.25, -0.2) is 0 Å². The van der Waals surface area contributed by atoms with Gasteiger partial charge in [0.25, 0.3) is 0 Å². The van der Waals surface area contributed by atoms with Gasteiger partial charge in [0.15, 0.2) is 0 Å². The van der Waals surface area contributed by atoms with E-state index in [1.807, 2.05) is 7.05 Å². The Labute approximate surface area is 74.2 Å². The summed E-state index contributed by atoms with van der Waals surface area (Å²) in [5.41, 5.74) is 5.02. The maximum atomic E-state index is 4.20. The molecule has 0 aliphatic carbocycles. The molecule has 0 fully saturated rings. The number of hydrogen-bond donors (Lipinski definition) is 0. The first kappa shape index (κ1) is 8.98. The molecule has 1 aromatic rings. The Bertz CT molecular complexity index is 291. The predicted octanol–water partition coefficient (Wildman–Crippen LogP) is 2.74. The Hall–Kier alpha value is -1.11. The second kappa shape index (κ2) is 3.53. The van der Waals surface area contributed by atoms with E-state index in [9.17, 15) is 0 Å². The van der Waals surface area contributed by atoms with Gasteiger partial charge in [0.2, 0.25) is 0 Å². The fourth-order valence-corrected chi connectivity index (χ4v) is 1.50. The fourth-order valence-electron chi connectivity index (χ4n) is 1.50. The molecule has 0 aliphatic heterocycles. The lowest BCUT2D eigenvalue weighted by molar-refractivity contribution is 1.32. The molecule has 0 atom stereocenters. The van der Waals surface area contributed by atoms with E-state index in [1.54, 1.807) is 0 Å². The minimum Gasteiger partial charge on any atom is -0.293 e. The van der Waals surface area contributed by atoms with Crippen LogP contribution in [0.5, 0.6) is 0 Å². The number of aliphatic imine (C=N–C) groups is 1. The number of nitrogens with zero attached hydrogens (tertiary/aromatic N) is 1. The normalized spacial score (nSPS) is 11.8. The molecule has 64 valence electrons. The second-order valence-electron chi connectivity index (χ2n) is 3.08. The number of rotatable bonds is 1. The van der Waals surface area contributed by atoms with E-state index in [-0.39, 0.29) is 0 Å². The van der Waals surface area contributed by atoms with Crippen LogP contribution in [0.15, 0.2) is 23.2 Å². The minimum atomic E-state index is 1.12. The van der Waals surface area contributed by atoms with Gasteiger partial charge in [0, 0.05) is 18.3 Å². The summed E-state index contributed by atoms with van der Waals surface area (Å²) in [6.45, 7) is 6.30. The number of hydrogen-bond acceptors (Lipinski definition) is 1. The molecule has 0 N–H and O–H groups in total. The molecular weight excluding hydrogens is 146 g/mol. The maximum absolute atomic E-state index is 4.20. The van der Waals surface area contributed by atoms with E-state index in [0.29, 0.717) is 0 Å². The zero-order valence-electron chi connectivity index (χ0n) is 8.18. The third-order valence-electron chi connectivity index (χ3n) is 2.18. The van der Waals surface area contributed by atoms with Crippen LogP contribution in [-0.2, 0) is 0 Å². The van der Waals surface area contributed by atoms with Crippen LogP contribution in [0.3, 0.4) is 0 Å². The van der Waals surface area contributed by atoms with Gasteiger partial charge in [0.05, 0.1) is 0 Å². The van der Waals surface area contributed by atoms with Gasteiger partial charge in [-0.05, 0) is 31.9 Å². The lowest BCUT2D eigenvalue weighted by Gasteiger charge is -2.07. The predicted molar refractivity (Wildman–Crippen MR) is 54.1 cm³/mol. The molecule has 0 spiro atoms. The van der Waals surface area contributed by atoms with E-state index in [0.717, 1.165) is 5.71 Å². The molecule has 0 radical (unpaired) electrons. The van der Waals surface area contributed by atoms with E-state index in [2.05, 4.69) is 44.0 Å². The topological polar surface area (TPSA) is 12.4 Å². The van der Waals surface area contributed by atoms with Crippen LogP contribution in [0, 0.1) is 13.8 Å². The van der Waals surface area contributed by atoms with Crippen molar-refractivity contribution in [2.45, 2.75) is 20.8 Å². The van der Waals surface area contributed by atoms with Crippen molar-refractivity contribution >= 4 is 5.71 Å². The molecule has 12 heavy (non-hydrogen) atoms. The second-order valence-corrected chi connectivity index (χ2v) is 3.08. The van der Waals surface area contributed by atoms with Crippen LogP contribution in [0.1, 0.15) is 23.6 Å². The summed E-state index contributed by atoms with van der Waals surface area (Å²) in [5.74, 6) is 0. The number of aryl methyl sites for hydroxylation is 2. The zero-order valence-corrected chi connectivity index (χ0v) is 8.18. The summed E-state index contributed by atoms with van der Waals surface area (Å²) in [6, 6.07) is 6.32. The Kier molecular flexibility index (Phi) is 2.64. The molecule has 1 heteroatoms. The molecule has 1 rings (SSSR count). The molecular formula is C11H15N. The monoisotopic (exact) mass is 161 g/mol. The van der Waals surface area contributed by atoms with Crippen LogP contribution in [-0.4, -0.2) is 12.8 Å². The third kappa shape index (κ3) is 1.55. The van der Waals surface area contributed by atoms with Crippen molar-refractivity contribution in [1.29, 1.82) is 0 Å². The SMILES string of the molecule is CN=C(C)c1c(C)cccc1C. The van der Waals surface area contributed by atoms with Crippen LogP contribution in [0.25, 0.3) is 0 Å². The van der Waals surface area contributed by atoms with Gasteiger partial charge >= 0.3 is 0 Å². The van der Waals surface area contributed by atoms with Gasteiger partial charge < -0.3 is 0 Å². The van der Waals surface area contributed by atoms with Crippen molar-refractivity contribution in [3.63, 3.8) is 0 Å². The average Bonchev–Trinajstić information content (AvgIpc) is 2.03. The molecule has 1 aromatic carbocycles. The first-order valence-electron chi connectivity index (χ1n) is 4.16. The largest absolute Gasteiger partial charge is 0.293 e. The smallest absolute Gasteiger partial charge is 0.0391 e. The highest BCUT2D eigenvalue weighted by Gasteiger charge is 2.03. The van der Waals surface area contributed by atoms with Gasteiger partial charge in [0.1, 0.15) is 0 Å². The Balaban J connectivity index is 3.31. The van der Waals surface area contributed by atoms with E-state index < -0.39 is 0 Å². The van der Waals surface area contributed by atoms with Gasteiger partial charge in [-0.3, -0.25) is 4.99 Å². The summed E-state index contributed by atoms with van der Waals surface area (Å²) < 4.78 is 0. The van der Waals surface area contributed by atoms with Gasteiger partial charge in [-0.1, -0.05) is 18.2 Å². The lowest BCUT2D eigenvalue weighted by Crippen LogP contribution is -2.00. The van der Waals surface area contributed by atoms with Crippen molar-refractivity contribution in [3.05, 3.63) is 34.9 Å². The fraction of sp³-hybridized carbons (Fsp3) is 0.364. The summed E-state index contributed by atoms with van der Waals surface area (Å²) in [5, 5.41) is 0. The highest BCUT2D eigenvalue weighted by Crippen LogP contribution is 2.13. The van der Waals surface area contributed by atoms with Gasteiger partial charge in [-0.15, -0.1) is 0 Å². The maximum Gasteiger partial charge on any atom is 0.0391 e. The lowest BCUT2D eigenvalue weighted by atomic mass is 9.99. The molecule has 0 aliphatic rings.